The van der Waals surface area contributed by atoms with Crippen LogP contribution < -0.4 is 10.6 Å². The number of hydrogen-bond acceptors (Lipinski definition) is 4. The van der Waals surface area contributed by atoms with E-state index in [1.165, 1.54) is 38.5 Å². The molecule has 2 heterocycles. The molecule has 0 spiro atoms. The lowest BCUT2D eigenvalue weighted by Gasteiger charge is -2.44. The number of piperidine rings is 1. The van der Waals surface area contributed by atoms with Crippen LogP contribution in [0.15, 0.2) is 24.4 Å². The van der Waals surface area contributed by atoms with Gasteiger partial charge in [-0.3, -0.25) is 4.98 Å². The van der Waals surface area contributed by atoms with Crippen LogP contribution in [0.2, 0.25) is 10.0 Å². The van der Waals surface area contributed by atoms with Crippen LogP contribution in [0.25, 0.3) is 11.3 Å². The first-order valence-electron chi connectivity index (χ1n) is 11.2. The number of rotatable bonds is 5. The minimum atomic E-state index is 0.301. The second-order valence-electron chi connectivity index (χ2n) is 9.16. The van der Waals surface area contributed by atoms with E-state index in [-0.39, 0.29) is 0 Å². The van der Waals surface area contributed by atoms with Crippen LogP contribution in [0, 0.1) is 18.3 Å². The highest BCUT2D eigenvalue weighted by atomic mass is 35.5. The van der Waals surface area contributed by atoms with E-state index in [0.717, 1.165) is 61.2 Å². The summed E-state index contributed by atoms with van der Waals surface area (Å²) < 4.78 is 0. The van der Waals surface area contributed by atoms with Gasteiger partial charge >= 0.3 is 0 Å². The molecular formula is C24H32Cl2N4. The van der Waals surface area contributed by atoms with E-state index < -0.39 is 0 Å². The summed E-state index contributed by atoms with van der Waals surface area (Å²) in [6.45, 7) is 4.78. The number of anilines is 1. The highest BCUT2D eigenvalue weighted by Crippen LogP contribution is 2.42. The molecule has 2 aliphatic rings. The van der Waals surface area contributed by atoms with Gasteiger partial charge in [0.15, 0.2) is 0 Å². The molecule has 2 fully saturated rings. The number of aryl methyl sites for hydroxylation is 1. The number of aromatic nitrogens is 2. The maximum absolute atomic E-state index is 6.39. The summed E-state index contributed by atoms with van der Waals surface area (Å²) >= 11 is 12.6. The van der Waals surface area contributed by atoms with E-state index >= 15 is 0 Å². The lowest BCUT2D eigenvalue weighted by atomic mass is 9.69. The normalized spacial score (nSPS) is 19.8. The first-order chi connectivity index (χ1) is 14.5. The molecule has 0 bridgehead atoms. The average Bonchev–Trinajstić information content (AvgIpc) is 2.77. The zero-order valence-corrected chi connectivity index (χ0v) is 19.4. The maximum Gasteiger partial charge on any atom is 0.147 e. The molecule has 1 aliphatic carbocycles. The summed E-state index contributed by atoms with van der Waals surface area (Å²) in [5.41, 5.74) is 9.09. The standard InChI is InChI=1S/C24H32Cl2N4/c1-17-23(19-8-5-9-20(25)22(19)26)28-15-21(29-17)30-12-10-24(16-27,11-13-30)14-18-6-3-2-4-7-18/h5,8-9,15,18H,2-4,6-7,10-14,16,27H2,1H3. The molecule has 0 atom stereocenters. The fourth-order valence-electron chi connectivity index (χ4n) is 5.28. The molecule has 2 aromatic rings. The van der Waals surface area contributed by atoms with Gasteiger partial charge in [-0.1, -0.05) is 67.4 Å². The van der Waals surface area contributed by atoms with Gasteiger partial charge in [-0.05, 0) is 50.1 Å². The van der Waals surface area contributed by atoms with Crippen molar-refractivity contribution in [2.75, 3.05) is 24.5 Å². The van der Waals surface area contributed by atoms with Crippen molar-refractivity contribution in [1.29, 1.82) is 0 Å². The van der Waals surface area contributed by atoms with Crippen LogP contribution in [0.3, 0.4) is 0 Å². The average molecular weight is 447 g/mol. The van der Waals surface area contributed by atoms with Gasteiger partial charge in [0.2, 0.25) is 0 Å². The van der Waals surface area contributed by atoms with Crippen LogP contribution in [0.4, 0.5) is 5.82 Å². The quantitative estimate of drug-likeness (QED) is 0.587. The van der Waals surface area contributed by atoms with E-state index in [9.17, 15) is 0 Å². The molecule has 2 N–H and O–H groups in total. The van der Waals surface area contributed by atoms with Crippen LogP contribution in [0.5, 0.6) is 0 Å². The van der Waals surface area contributed by atoms with Gasteiger partial charge in [0.1, 0.15) is 5.82 Å². The molecule has 0 amide bonds. The third-order valence-electron chi connectivity index (χ3n) is 7.17. The van der Waals surface area contributed by atoms with Crippen LogP contribution >= 0.6 is 23.2 Å². The lowest BCUT2D eigenvalue weighted by Crippen LogP contribution is -2.45. The number of halogens is 2. The highest BCUT2D eigenvalue weighted by Gasteiger charge is 2.36. The molecule has 1 aromatic carbocycles. The molecule has 1 aromatic heterocycles. The second-order valence-corrected chi connectivity index (χ2v) is 9.95. The van der Waals surface area contributed by atoms with Gasteiger partial charge in [-0.25, -0.2) is 4.98 Å². The van der Waals surface area contributed by atoms with E-state index in [1.807, 2.05) is 25.3 Å². The Morgan fingerprint density at radius 1 is 1.13 bits per heavy atom. The Bertz CT molecular complexity index is 872. The Labute approximate surface area is 190 Å². The van der Waals surface area contributed by atoms with Crippen molar-refractivity contribution >= 4 is 29.0 Å². The van der Waals surface area contributed by atoms with E-state index in [4.69, 9.17) is 38.9 Å². The van der Waals surface area contributed by atoms with Gasteiger partial charge in [0.25, 0.3) is 0 Å². The van der Waals surface area contributed by atoms with Crippen molar-refractivity contribution in [3.63, 3.8) is 0 Å². The molecule has 6 heteroatoms. The molecule has 4 rings (SSSR count). The Kier molecular flexibility index (Phi) is 6.86. The van der Waals surface area contributed by atoms with Gasteiger partial charge in [-0.15, -0.1) is 0 Å². The van der Waals surface area contributed by atoms with Crippen LogP contribution in [-0.4, -0.2) is 29.6 Å². The van der Waals surface area contributed by atoms with Gasteiger partial charge < -0.3 is 10.6 Å². The van der Waals surface area contributed by atoms with Crippen LogP contribution in [0.1, 0.15) is 57.1 Å². The SMILES string of the molecule is Cc1nc(N2CCC(CN)(CC3CCCCC3)CC2)cnc1-c1cccc(Cl)c1Cl. The smallest absolute Gasteiger partial charge is 0.147 e. The number of hydrogen-bond donors (Lipinski definition) is 1. The minimum absolute atomic E-state index is 0.301. The third-order valence-corrected chi connectivity index (χ3v) is 7.99. The zero-order chi connectivity index (χ0) is 21.1. The first kappa shape index (κ1) is 21.9. The van der Waals surface area contributed by atoms with Crippen molar-refractivity contribution in [2.24, 2.45) is 17.1 Å². The van der Waals surface area contributed by atoms with E-state index in [1.54, 1.807) is 6.07 Å². The Hall–Kier alpha value is -1.36. The van der Waals surface area contributed by atoms with Crippen molar-refractivity contribution in [2.45, 2.75) is 58.3 Å². The molecule has 30 heavy (non-hydrogen) atoms. The number of nitrogens with two attached hydrogens (primary N) is 1. The third kappa shape index (κ3) is 4.61. The van der Waals surface area contributed by atoms with Gasteiger partial charge in [0, 0.05) is 18.7 Å². The summed E-state index contributed by atoms with van der Waals surface area (Å²) in [6.07, 6.45) is 12.4. The Morgan fingerprint density at radius 3 is 2.53 bits per heavy atom. The summed E-state index contributed by atoms with van der Waals surface area (Å²) in [5, 5.41) is 1.06. The van der Waals surface area contributed by atoms with Crippen LogP contribution in [-0.2, 0) is 0 Å². The lowest BCUT2D eigenvalue weighted by molar-refractivity contribution is 0.151. The summed E-state index contributed by atoms with van der Waals surface area (Å²) in [7, 11) is 0. The van der Waals surface area contributed by atoms with E-state index in [2.05, 4.69) is 4.90 Å². The van der Waals surface area contributed by atoms with Gasteiger partial charge in [-0.2, -0.15) is 0 Å². The second kappa shape index (κ2) is 9.42. The van der Waals surface area contributed by atoms with Gasteiger partial charge in [0.05, 0.1) is 27.6 Å². The van der Waals surface area contributed by atoms with Crippen molar-refractivity contribution < 1.29 is 0 Å². The highest BCUT2D eigenvalue weighted by molar-refractivity contribution is 6.43. The molecular weight excluding hydrogens is 415 g/mol. The maximum atomic E-state index is 6.39. The molecule has 0 radical (unpaired) electrons. The molecule has 4 nitrogen and oxygen atoms in total. The molecule has 162 valence electrons. The molecule has 1 saturated carbocycles. The van der Waals surface area contributed by atoms with Crippen molar-refractivity contribution in [1.82, 2.24) is 9.97 Å². The predicted octanol–water partition coefficient (Wildman–Crippen LogP) is 6.27. The Balaban J connectivity index is 1.45. The zero-order valence-electron chi connectivity index (χ0n) is 17.8. The summed E-state index contributed by atoms with van der Waals surface area (Å²) in [5.74, 6) is 1.82. The minimum Gasteiger partial charge on any atom is -0.355 e. The summed E-state index contributed by atoms with van der Waals surface area (Å²) in [6, 6.07) is 5.61. The number of benzene rings is 1. The van der Waals surface area contributed by atoms with Crippen molar-refractivity contribution in [3.8, 4) is 11.3 Å². The first-order valence-corrected chi connectivity index (χ1v) is 12.0. The fraction of sp³-hybridized carbons (Fsp3) is 0.583. The largest absolute Gasteiger partial charge is 0.355 e. The number of nitrogens with zero attached hydrogens (tertiary/aromatic N) is 3. The van der Waals surface area contributed by atoms with Crippen molar-refractivity contribution in [3.05, 3.63) is 40.1 Å². The molecule has 1 aliphatic heterocycles. The van der Waals surface area contributed by atoms with E-state index in [0.29, 0.717) is 15.5 Å². The molecule has 1 saturated heterocycles. The topological polar surface area (TPSA) is 55.0 Å². The predicted molar refractivity (Wildman–Crippen MR) is 126 cm³/mol. The fourth-order valence-corrected chi connectivity index (χ4v) is 5.67. The monoisotopic (exact) mass is 446 g/mol. The molecule has 0 unspecified atom stereocenters. The summed E-state index contributed by atoms with van der Waals surface area (Å²) in [4.78, 5) is 11.9. The Morgan fingerprint density at radius 2 is 1.87 bits per heavy atom.